The molecule has 3 aromatic rings. The molecule has 36 heavy (non-hydrogen) atoms. The molecule has 1 amide bonds. The molecule has 0 saturated carbocycles. The minimum Gasteiger partial charge on any atom is -0.493 e. The standard InChI is InChI=1S/C25H23N3O7S/c1-15-11-17(6-8-19(15)28(31)32)25(30)35-14-24(29)27-20(13-18(26-27)23-5-4-10-36-23)16-7-9-21(33-2)22(12-16)34-3/h4-12,20H,13-14H2,1-3H3. The lowest BCUT2D eigenvalue weighted by Crippen LogP contribution is -2.31. The smallest absolute Gasteiger partial charge is 0.338 e. The van der Waals surface area contributed by atoms with Gasteiger partial charge in [0.25, 0.3) is 11.6 Å². The topological polar surface area (TPSA) is 121 Å². The van der Waals surface area contributed by atoms with Crippen LogP contribution >= 0.6 is 11.3 Å². The molecule has 186 valence electrons. The minimum absolute atomic E-state index is 0.104. The van der Waals surface area contributed by atoms with Crippen LogP contribution in [0.3, 0.4) is 0 Å². The minimum atomic E-state index is -0.759. The van der Waals surface area contributed by atoms with Gasteiger partial charge >= 0.3 is 5.97 Å². The third-order valence-electron chi connectivity index (χ3n) is 5.72. The summed E-state index contributed by atoms with van der Waals surface area (Å²) in [5.41, 5.74) is 1.86. The van der Waals surface area contributed by atoms with Gasteiger partial charge in [0.05, 0.1) is 41.3 Å². The van der Waals surface area contributed by atoms with Crippen LogP contribution in [0.25, 0.3) is 0 Å². The van der Waals surface area contributed by atoms with Crippen molar-refractivity contribution in [3.63, 3.8) is 0 Å². The molecule has 4 rings (SSSR count). The molecule has 10 nitrogen and oxygen atoms in total. The molecule has 0 bridgehead atoms. The highest BCUT2D eigenvalue weighted by atomic mass is 32.1. The zero-order valence-corrected chi connectivity index (χ0v) is 20.6. The molecule has 2 heterocycles. The van der Waals surface area contributed by atoms with Crippen molar-refractivity contribution < 1.29 is 28.7 Å². The highest BCUT2D eigenvalue weighted by Gasteiger charge is 2.34. The van der Waals surface area contributed by atoms with Crippen LogP contribution in [0, 0.1) is 17.0 Å². The summed E-state index contributed by atoms with van der Waals surface area (Å²) >= 11 is 1.52. The number of methoxy groups -OCH3 is 2. The van der Waals surface area contributed by atoms with Crippen LogP contribution in [0.4, 0.5) is 5.69 Å². The predicted molar refractivity (Wildman–Crippen MR) is 133 cm³/mol. The lowest BCUT2D eigenvalue weighted by molar-refractivity contribution is -0.385. The fourth-order valence-electron chi connectivity index (χ4n) is 3.92. The molecule has 0 aliphatic carbocycles. The number of thiophene rings is 1. The largest absolute Gasteiger partial charge is 0.493 e. The number of rotatable bonds is 8. The number of ether oxygens (including phenoxy) is 3. The Hall–Kier alpha value is -4.25. The van der Waals surface area contributed by atoms with Crippen LogP contribution in [-0.4, -0.2) is 48.3 Å². The van der Waals surface area contributed by atoms with E-state index >= 15 is 0 Å². The van der Waals surface area contributed by atoms with Crippen LogP contribution in [0.15, 0.2) is 59.0 Å². The van der Waals surface area contributed by atoms with Crippen molar-refractivity contribution in [2.24, 2.45) is 5.10 Å². The van der Waals surface area contributed by atoms with E-state index in [4.69, 9.17) is 14.2 Å². The van der Waals surface area contributed by atoms with Gasteiger partial charge in [0, 0.05) is 18.1 Å². The molecule has 11 heteroatoms. The van der Waals surface area contributed by atoms with Crippen LogP contribution in [0.1, 0.15) is 38.8 Å². The van der Waals surface area contributed by atoms with Crippen LogP contribution in [0.5, 0.6) is 11.5 Å². The number of carbonyl (C=O) groups is 2. The molecule has 1 aromatic heterocycles. The summed E-state index contributed by atoms with van der Waals surface area (Å²) in [6, 6.07) is 12.7. The third-order valence-corrected chi connectivity index (χ3v) is 6.64. The second-order valence-electron chi connectivity index (χ2n) is 7.93. The number of nitro groups is 1. The van der Waals surface area contributed by atoms with Gasteiger partial charge in [-0.1, -0.05) is 12.1 Å². The van der Waals surface area contributed by atoms with Gasteiger partial charge < -0.3 is 14.2 Å². The van der Waals surface area contributed by atoms with Crippen LogP contribution in [-0.2, 0) is 9.53 Å². The molecule has 1 unspecified atom stereocenters. The molecular weight excluding hydrogens is 486 g/mol. The fourth-order valence-corrected chi connectivity index (χ4v) is 4.64. The second kappa shape index (κ2) is 10.6. The Balaban J connectivity index is 1.54. The molecule has 0 fully saturated rings. The quantitative estimate of drug-likeness (QED) is 0.249. The number of hydrazone groups is 1. The molecule has 1 atom stereocenters. The summed E-state index contributed by atoms with van der Waals surface area (Å²) in [6.07, 6.45) is 0.469. The number of benzene rings is 2. The van der Waals surface area contributed by atoms with Crippen LogP contribution in [0.2, 0.25) is 0 Å². The first kappa shape index (κ1) is 24.9. The summed E-state index contributed by atoms with van der Waals surface area (Å²) < 4.78 is 16.0. The third kappa shape index (κ3) is 5.05. The number of nitrogens with zero attached hydrogens (tertiary/aromatic N) is 3. The number of esters is 1. The molecule has 2 aromatic carbocycles. The summed E-state index contributed by atoms with van der Waals surface area (Å²) in [6.45, 7) is 0.985. The van der Waals surface area contributed by atoms with E-state index in [0.717, 1.165) is 16.2 Å². The lowest BCUT2D eigenvalue weighted by atomic mass is 10.0. The molecule has 1 aliphatic rings. The van der Waals surface area contributed by atoms with Crippen LogP contribution < -0.4 is 9.47 Å². The lowest BCUT2D eigenvalue weighted by Gasteiger charge is -2.22. The predicted octanol–water partition coefficient (Wildman–Crippen LogP) is 4.52. The van der Waals surface area contributed by atoms with Crippen molar-refractivity contribution in [2.45, 2.75) is 19.4 Å². The first-order chi connectivity index (χ1) is 17.3. The fraction of sp³-hybridized carbons (Fsp3) is 0.240. The van der Waals surface area contributed by atoms with Crippen molar-refractivity contribution in [2.75, 3.05) is 20.8 Å². The van der Waals surface area contributed by atoms with Gasteiger partial charge in [0.15, 0.2) is 18.1 Å². The number of aryl methyl sites for hydroxylation is 1. The first-order valence-corrected chi connectivity index (χ1v) is 11.8. The number of hydrogen-bond donors (Lipinski definition) is 0. The van der Waals surface area contributed by atoms with Gasteiger partial charge in [-0.3, -0.25) is 14.9 Å². The maximum absolute atomic E-state index is 13.2. The highest BCUT2D eigenvalue weighted by molar-refractivity contribution is 7.12. The maximum atomic E-state index is 13.2. The van der Waals surface area contributed by atoms with E-state index in [-0.39, 0.29) is 11.3 Å². The molecule has 0 spiro atoms. The monoisotopic (exact) mass is 509 g/mol. The van der Waals surface area contributed by atoms with E-state index in [9.17, 15) is 19.7 Å². The zero-order chi connectivity index (χ0) is 25.8. The number of hydrogen-bond acceptors (Lipinski definition) is 9. The van der Waals surface area contributed by atoms with E-state index in [0.29, 0.717) is 23.5 Å². The van der Waals surface area contributed by atoms with Gasteiger partial charge in [0.2, 0.25) is 0 Å². The summed E-state index contributed by atoms with van der Waals surface area (Å²) in [5.74, 6) is -0.185. The number of carbonyl (C=O) groups excluding carboxylic acids is 2. The van der Waals surface area contributed by atoms with Crippen molar-refractivity contribution in [3.8, 4) is 11.5 Å². The Morgan fingerprint density at radius 3 is 2.56 bits per heavy atom. The molecule has 1 aliphatic heterocycles. The SMILES string of the molecule is COc1ccc(C2CC(c3cccs3)=NN2C(=O)COC(=O)c2ccc([N+](=O)[O-])c(C)c2)cc1OC. The zero-order valence-electron chi connectivity index (χ0n) is 19.8. The van der Waals surface area contributed by atoms with Gasteiger partial charge in [-0.05, 0) is 48.2 Å². The Bertz CT molecular complexity index is 1340. The summed E-state index contributed by atoms with van der Waals surface area (Å²) in [4.78, 5) is 37.1. The molecule has 0 N–H and O–H groups in total. The van der Waals surface area contributed by atoms with Crippen molar-refractivity contribution in [3.05, 3.63) is 85.6 Å². The van der Waals surface area contributed by atoms with Gasteiger partial charge in [-0.15, -0.1) is 11.3 Å². The van der Waals surface area contributed by atoms with E-state index in [1.807, 2.05) is 23.6 Å². The summed E-state index contributed by atoms with van der Waals surface area (Å²) in [5, 5.41) is 18.8. The van der Waals surface area contributed by atoms with Gasteiger partial charge in [0.1, 0.15) is 0 Å². The Morgan fingerprint density at radius 1 is 1.14 bits per heavy atom. The van der Waals surface area contributed by atoms with Crippen molar-refractivity contribution >= 4 is 34.6 Å². The van der Waals surface area contributed by atoms with Crippen molar-refractivity contribution in [1.29, 1.82) is 0 Å². The summed E-state index contributed by atoms with van der Waals surface area (Å²) in [7, 11) is 3.08. The average molecular weight is 510 g/mol. The Morgan fingerprint density at radius 2 is 1.92 bits per heavy atom. The average Bonchev–Trinajstić information content (AvgIpc) is 3.56. The maximum Gasteiger partial charge on any atom is 0.338 e. The van der Waals surface area contributed by atoms with E-state index in [1.54, 1.807) is 19.2 Å². The number of nitro benzene ring substituents is 1. The first-order valence-electron chi connectivity index (χ1n) is 10.9. The number of amides is 1. The Kier molecular flexibility index (Phi) is 7.30. The van der Waals surface area contributed by atoms with E-state index in [2.05, 4.69) is 5.10 Å². The normalized spacial score (nSPS) is 14.8. The Labute approximate surface area is 210 Å². The van der Waals surface area contributed by atoms with Gasteiger partial charge in [-0.2, -0.15) is 5.10 Å². The van der Waals surface area contributed by atoms with Crippen molar-refractivity contribution in [1.82, 2.24) is 5.01 Å². The van der Waals surface area contributed by atoms with Gasteiger partial charge in [-0.25, -0.2) is 9.80 Å². The molecular formula is C25H23N3O7S. The second-order valence-corrected chi connectivity index (χ2v) is 8.88. The highest BCUT2D eigenvalue weighted by Crippen LogP contribution is 2.38. The molecule has 0 saturated heterocycles. The van der Waals surface area contributed by atoms with E-state index in [1.165, 1.54) is 48.6 Å². The van der Waals surface area contributed by atoms with E-state index < -0.39 is 29.4 Å². The molecule has 0 radical (unpaired) electrons.